The first kappa shape index (κ1) is 14.3. The van der Waals surface area contributed by atoms with Crippen molar-refractivity contribution in [2.75, 3.05) is 13.2 Å². The summed E-state index contributed by atoms with van der Waals surface area (Å²) in [5.41, 5.74) is 6.63. The smallest absolute Gasteiger partial charge is 0.119 e. The van der Waals surface area contributed by atoms with Crippen LogP contribution in [-0.4, -0.2) is 24.3 Å². The molecule has 0 bridgehead atoms. The summed E-state index contributed by atoms with van der Waals surface area (Å²) in [7, 11) is 0. The highest BCUT2D eigenvalue weighted by atomic mass is 32.1. The van der Waals surface area contributed by atoms with Crippen LogP contribution in [0.25, 0.3) is 0 Å². The summed E-state index contributed by atoms with van der Waals surface area (Å²) in [5.74, 6) is 0.902. The molecular weight excluding hydrogens is 258 g/mol. The Morgan fingerprint density at radius 2 is 2.16 bits per heavy atom. The van der Waals surface area contributed by atoms with E-state index >= 15 is 0 Å². The lowest BCUT2D eigenvalue weighted by molar-refractivity contribution is 0.0981. The van der Waals surface area contributed by atoms with Crippen LogP contribution in [0.1, 0.15) is 31.2 Å². The molecule has 1 aromatic rings. The summed E-state index contributed by atoms with van der Waals surface area (Å²) >= 11 is 4.88. The molecule has 1 aromatic carbocycles. The highest BCUT2D eigenvalue weighted by molar-refractivity contribution is 7.80. The molecule has 1 heterocycles. The molecule has 3 nitrogen and oxygen atoms in total. The first-order chi connectivity index (χ1) is 9.24. The van der Waals surface area contributed by atoms with Gasteiger partial charge in [-0.05, 0) is 43.4 Å². The van der Waals surface area contributed by atoms with Gasteiger partial charge in [0.25, 0.3) is 0 Å². The fourth-order valence-electron chi connectivity index (χ4n) is 2.28. The normalized spacial score (nSPS) is 18.4. The number of nitrogens with two attached hydrogens (primary N) is 1. The molecule has 0 aliphatic carbocycles. The molecule has 0 saturated carbocycles. The molecule has 0 amide bonds. The van der Waals surface area contributed by atoms with E-state index in [1.807, 2.05) is 24.3 Å². The summed E-state index contributed by atoms with van der Waals surface area (Å²) in [6, 6.07) is 7.96. The number of hydrogen-bond acceptors (Lipinski definition) is 3. The van der Waals surface area contributed by atoms with Crippen LogP contribution in [0.5, 0.6) is 5.75 Å². The predicted octanol–water partition coefficient (Wildman–Crippen LogP) is 2.85. The van der Waals surface area contributed by atoms with E-state index < -0.39 is 0 Å². The predicted molar refractivity (Wildman–Crippen MR) is 80.6 cm³/mol. The molecule has 0 aromatic heterocycles. The number of rotatable bonds is 7. The lowest BCUT2D eigenvalue weighted by Gasteiger charge is -2.10. The molecule has 1 unspecified atom stereocenters. The van der Waals surface area contributed by atoms with Crippen molar-refractivity contribution in [3.05, 3.63) is 29.8 Å². The summed E-state index contributed by atoms with van der Waals surface area (Å²) < 4.78 is 11.3. The van der Waals surface area contributed by atoms with Crippen molar-refractivity contribution >= 4 is 17.2 Å². The molecule has 1 aliphatic rings. The standard InChI is InChI=1S/C15H21NO2S/c16-15(19)11-12-5-7-14(8-6-12)18-10-2-4-13-3-1-9-17-13/h5-8,13H,1-4,9-11H2,(H2,16,19). The molecule has 104 valence electrons. The van der Waals surface area contributed by atoms with Gasteiger partial charge in [-0.25, -0.2) is 0 Å². The van der Waals surface area contributed by atoms with Gasteiger partial charge in [-0.3, -0.25) is 0 Å². The summed E-state index contributed by atoms with van der Waals surface area (Å²) in [4.78, 5) is 0.519. The van der Waals surface area contributed by atoms with Crippen LogP contribution in [0, 0.1) is 0 Å². The monoisotopic (exact) mass is 279 g/mol. The third kappa shape index (κ3) is 5.17. The van der Waals surface area contributed by atoms with Crippen molar-refractivity contribution in [2.45, 2.75) is 38.2 Å². The molecule has 19 heavy (non-hydrogen) atoms. The van der Waals surface area contributed by atoms with Gasteiger partial charge in [0.2, 0.25) is 0 Å². The molecule has 2 N–H and O–H groups in total. The lowest BCUT2D eigenvalue weighted by Crippen LogP contribution is -2.11. The summed E-state index contributed by atoms with van der Waals surface area (Å²) in [6.07, 6.45) is 5.65. The van der Waals surface area contributed by atoms with Gasteiger partial charge in [-0.1, -0.05) is 24.4 Å². The van der Waals surface area contributed by atoms with Crippen LogP contribution < -0.4 is 10.5 Å². The molecule has 2 rings (SSSR count). The number of benzene rings is 1. The van der Waals surface area contributed by atoms with E-state index in [4.69, 9.17) is 27.4 Å². The van der Waals surface area contributed by atoms with Gasteiger partial charge in [0.1, 0.15) is 5.75 Å². The highest BCUT2D eigenvalue weighted by Gasteiger charge is 2.14. The van der Waals surface area contributed by atoms with Crippen molar-refractivity contribution in [3.8, 4) is 5.75 Å². The molecular formula is C15H21NO2S. The number of thiocarbonyl (C=S) groups is 1. The molecule has 4 heteroatoms. The van der Waals surface area contributed by atoms with E-state index in [2.05, 4.69) is 0 Å². The SMILES string of the molecule is NC(=S)Cc1ccc(OCCCC2CCCO2)cc1. The van der Waals surface area contributed by atoms with E-state index in [0.29, 0.717) is 17.5 Å². The minimum atomic E-state index is 0.455. The van der Waals surface area contributed by atoms with Crippen molar-refractivity contribution in [2.24, 2.45) is 5.73 Å². The Morgan fingerprint density at radius 3 is 2.79 bits per heavy atom. The lowest BCUT2D eigenvalue weighted by atomic mass is 10.1. The topological polar surface area (TPSA) is 44.5 Å². The zero-order valence-corrected chi connectivity index (χ0v) is 12.0. The van der Waals surface area contributed by atoms with Gasteiger partial charge in [-0.2, -0.15) is 0 Å². The maximum absolute atomic E-state index is 5.71. The fraction of sp³-hybridized carbons (Fsp3) is 0.533. The minimum absolute atomic E-state index is 0.455. The molecule has 1 saturated heterocycles. The van der Waals surface area contributed by atoms with Crippen molar-refractivity contribution in [3.63, 3.8) is 0 Å². The Hall–Kier alpha value is -1.13. The Kier molecular flexibility index (Phi) is 5.61. The van der Waals surface area contributed by atoms with E-state index in [9.17, 15) is 0 Å². The second-order valence-corrected chi connectivity index (χ2v) is 5.44. The van der Waals surface area contributed by atoms with Crippen LogP contribution in [0.3, 0.4) is 0 Å². The van der Waals surface area contributed by atoms with E-state index in [1.165, 1.54) is 12.8 Å². The van der Waals surface area contributed by atoms with Gasteiger partial charge in [0.05, 0.1) is 17.7 Å². The van der Waals surface area contributed by atoms with Gasteiger partial charge >= 0.3 is 0 Å². The van der Waals surface area contributed by atoms with Crippen molar-refractivity contribution < 1.29 is 9.47 Å². The first-order valence-corrected chi connectivity index (χ1v) is 7.26. The Morgan fingerprint density at radius 1 is 1.37 bits per heavy atom. The highest BCUT2D eigenvalue weighted by Crippen LogP contribution is 2.18. The van der Waals surface area contributed by atoms with Crippen molar-refractivity contribution in [1.82, 2.24) is 0 Å². The van der Waals surface area contributed by atoms with E-state index in [-0.39, 0.29) is 0 Å². The zero-order chi connectivity index (χ0) is 13.5. The van der Waals surface area contributed by atoms with Gasteiger partial charge in [-0.15, -0.1) is 0 Å². The van der Waals surface area contributed by atoms with Crippen LogP contribution >= 0.6 is 12.2 Å². The second kappa shape index (κ2) is 7.46. The van der Waals surface area contributed by atoms with Crippen LogP contribution in [0.4, 0.5) is 0 Å². The van der Waals surface area contributed by atoms with Gasteiger partial charge in [0.15, 0.2) is 0 Å². The number of hydrogen-bond donors (Lipinski definition) is 1. The molecule has 1 aliphatic heterocycles. The second-order valence-electron chi connectivity index (χ2n) is 4.91. The average Bonchev–Trinajstić information content (AvgIpc) is 2.89. The van der Waals surface area contributed by atoms with Crippen LogP contribution in [0.2, 0.25) is 0 Å². The van der Waals surface area contributed by atoms with Crippen molar-refractivity contribution in [1.29, 1.82) is 0 Å². The van der Waals surface area contributed by atoms with E-state index in [1.54, 1.807) is 0 Å². The molecule has 1 fully saturated rings. The molecule has 0 spiro atoms. The third-order valence-corrected chi connectivity index (χ3v) is 3.41. The number of ether oxygens (including phenoxy) is 2. The van der Waals surface area contributed by atoms with E-state index in [0.717, 1.165) is 37.4 Å². The Labute approximate surface area is 120 Å². The van der Waals surface area contributed by atoms with Gasteiger partial charge < -0.3 is 15.2 Å². The summed E-state index contributed by atoms with van der Waals surface area (Å²) in [6.45, 7) is 1.67. The Bertz CT molecular complexity index is 399. The quantitative estimate of drug-likeness (QED) is 0.616. The minimum Gasteiger partial charge on any atom is -0.494 e. The maximum atomic E-state index is 5.71. The third-order valence-electron chi connectivity index (χ3n) is 3.26. The largest absolute Gasteiger partial charge is 0.494 e. The molecule has 0 radical (unpaired) electrons. The first-order valence-electron chi connectivity index (χ1n) is 6.85. The van der Waals surface area contributed by atoms with Gasteiger partial charge in [0, 0.05) is 13.0 Å². The van der Waals surface area contributed by atoms with Crippen LogP contribution in [0.15, 0.2) is 24.3 Å². The average molecular weight is 279 g/mol. The summed E-state index contributed by atoms with van der Waals surface area (Å²) in [5, 5.41) is 0. The fourth-order valence-corrected chi connectivity index (χ4v) is 2.44. The Balaban J connectivity index is 1.66. The molecule has 1 atom stereocenters. The van der Waals surface area contributed by atoms with Crippen LogP contribution in [-0.2, 0) is 11.2 Å². The zero-order valence-electron chi connectivity index (χ0n) is 11.1. The maximum Gasteiger partial charge on any atom is 0.119 e.